The molecule has 8 nitrogen and oxygen atoms in total. The van der Waals surface area contributed by atoms with Gasteiger partial charge in [-0.2, -0.15) is 0 Å². The molecule has 0 aliphatic carbocycles. The van der Waals surface area contributed by atoms with Crippen LogP contribution in [0.4, 0.5) is 4.79 Å². The SMILES string of the molecule is CCC(NC(=O)NC(C)C(=O)N1CCOCC1)C(=O)O. The average molecular weight is 287 g/mol. The van der Waals surface area contributed by atoms with Crippen LogP contribution in [0.2, 0.25) is 0 Å². The molecule has 8 heteroatoms. The zero-order valence-electron chi connectivity index (χ0n) is 11.7. The van der Waals surface area contributed by atoms with E-state index in [9.17, 15) is 14.4 Å². The molecule has 0 aromatic rings. The van der Waals surface area contributed by atoms with E-state index in [-0.39, 0.29) is 12.3 Å². The van der Waals surface area contributed by atoms with Crippen LogP contribution in [0.5, 0.6) is 0 Å². The molecule has 0 aromatic heterocycles. The molecular formula is C12H21N3O5. The number of carboxylic acids is 1. The van der Waals surface area contributed by atoms with E-state index in [4.69, 9.17) is 9.84 Å². The maximum absolute atomic E-state index is 12.0. The number of hydrogen-bond donors (Lipinski definition) is 3. The van der Waals surface area contributed by atoms with E-state index < -0.39 is 24.1 Å². The lowest BCUT2D eigenvalue weighted by Gasteiger charge is -2.29. The summed E-state index contributed by atoms with van der Waals surface area (Å²) >= 11 is 0. The van der Waals surface area contributed by atoms with Crippen LogP contribution in [0.25, 0.3) is 0 Å². The number of aliphatic carboxylic acids is 1. The van der Waals surface area contributed by atoms with Gasteiger partial charge in [-0.15, -0.1) is 0 Å². The first-order valence-electron chi connectivity index (χ1n) is 6.62. The molecule has 1 fully saturated rings. The summed E-state index contributed by atoms with van der Waals surface area (Å²) in [5.41, 5.74) is 0. The first kappa shape index (κ1) is 16.2. The Kier molecular flexibility index (Phi) is 6.23. The summed E-state index contributed by atoms with van der Waals surface area (Å²) in [4.78, 5) is 36.1. The van der Waals surface area contributed by atoms with Crippen molar-refractivity contribution in [2.75, 3.05) is 26.3 Å². The van der Waals surface area contributed by atoms with E-state index in [1.165, 1.54) is 0 Å². The summed E-state index contributed by atoms with van der Waals surface area (Å²) in [6.45, 7) is 5.20. The van der Waals surface area contributed by atoms with Gasteiger partial charge in [-0.3, -0.25) is 4.79 Å². The summed E-state index contributed by atoms with van der Waals surface area (Å²) in [6.07, 6.45) is 0.272. The number of urea groups is 1. The molecule has 2 atom stereocenters. The highest BCUT2D eigenvalue weighted by molar-refractivity contribution is 5.88. The topological polar surface area (TPSA) is 108 Å². The molecule has 1 aliphatic rings. The third-order valence-corrected chi connectivity index (χ3v) is 3.05. The normalized spacial score (nSPS) is 18.0. The number of nitrogens with zero attached hydrogens (tertiary/aromatic N) is 1. The van der Waals surface area contributed by atoms with Gasteiger partial charge in [0.15, 0.2) is 0 Å². The standard InChI is InChI=1S/C12H21N3O5/c1-3-9(11(17)18)14-12(19)13-8(2)10(16)15-4-6-20-7-5-15/h8-9H,3-7H2,1-2H3,(H,17,18)(H2,13,14,19). The summed E-state index contributed by atoms with van der Waals surface area (Å²) in [5.74, 6) is -1.30. The molecule has 3 N–H and O–H groups in total. The Labute approximate surface area is 117 Å². The van der Waals surface area contributed by atoms with E-state index in [1.54, 1.807) is 18.7 Å². The fourth-order valence-corrected chi connectivity index (χ4v) is 1.85. The molecule has 20 heavy (non-hydrogen) atoms. The van der Waals surface area contributed by atoms with Crippen molar-refractivity contribution in [1.29, 1.82) is 0 Å². The lowest BCUT2D eigenvalue weighted by molar-refractivity contribution is -0.139. The summed E-state index contributed by atoms with van der Waals surface area (Å²) in [7, 11) is 0. The van der Waals surface area contributed by atoms with Crippen LogP contribution in [-0.2, 0) is 14.3 Å². The Balaban J connectivity index is 2.43. The molecule has 0 spiro atoms. The molecule has 114 valence electrons. The summed E-state index contributed by atoms with van der Waals surface area (Å²) < 4.78 is 5.15. The van der Waals surface area contributed by atoms with Crippen LogP contribution in [0.3, 0.4) is 0 Å². The number of morpholine rings is 1. The van der Waals surface area contributed by atoms with Crippen LogP contribution in [0.15, 0.2) is 0 Å². The van der Waals surface area contributed by atoms with Gasteiger partial charge in [0.25, 0.3) is 0 Å². The minimum atomic E-state index is -1.10. The lowest BCUT2D eigenvalue weighted by atomic mass is 10.2. The van der Waals surface area contributed by atoms with Gasteiger partial charge >= 0.3 is 12.0 Å². The van der Waals surface area contributed by atoms with Crippen LogP contribution in [-0.4, -0.2) is 66.3 Å². The van der Waals surface area contributed by atoms with Gasteiger partial charge in [0.2, 0.25) is 5.91 Å². The van der Waals surface area contributed by atoms with E-state index in [2.05, 4.69) is 10.6 Å². The fraction of sp³-hybridized carbons (Fsp3) is 0.750. The largest absolute Gasteiger partial charge is 0.480 e. The maximum Gasteiger partial charge on any atom is 0.326 e. The smallest absolute Gasteiger partial charge is 0.326 e. The van der Waals surface area contributed by atoms with Gasteiger partial charge in [-0.1, -0.05) is 6.92 Å². The second-order valence-electron chi connectivity index (χ2n) is 4.58. The van der Waals surface area contributed by atoms with Crippen LogP contribution in [0, 0.1) is 0 Å². The van der Waals surface area contributed by atoms with Crippen LogP contribution in [0.1, 0.15) is 20.3 Å². The highest BCUT2D eigenvalue weighted by Crippen LogP contribution is 2.00. The van der Waals surface area contributed by atoms with Gasteiger partial charge in [0.1, 0.15) is 12.1 Å². The van der Waals surface area contributed by atoms with Gasteiger partial charge in [-0.05, 0) is 13.3 Å². The third kappa shape index (κ3) is 4.69. The van der Waals surface area contributed by atoms with E-state index in [0.717, 1.165) is 0 Å². The minimum Gasteiger partial charge on any atom is -0.480 e. The van der Waals surface area contributed by atoms with Gasteiger partial charge < -0.3 is 25.4 Å². The number of carbonyl (C=O) groups is 3. The minimum absolute atomic E-state index is 0.202. The number of amides is 3. The number of carboxylic acid groups (broad SMARTS) is 1. The zero-order chi connectivity index (χ0) is 15.1. The number of rotatable bonds is 5. The van der Waals surface area contributed by atoms with Gasteiger partial charge in [0.05, 0.1) is 13.2 Å². The molecule has 2 unspecified atom stereocenters. The monoisotopic (exact) mass is 287 g/mol. The molecule has 1 heterocycles. The first-order valence-corrected chi connectivity index (χ1v) is 6.62. The van der Waals surface area contributed by atoms with Gasteiger partial charge in [-0.25, -0.2) is 9.59 Å². The number of nitrogens with one attached hydrogen (secondary N) is 2. The fourth-order valence-electron chi connectivity index (χ4n) is 1.85. The van der Waals surface area contributed by atoms with E-state index >= 15 is 0 Å². The van der Waals surface area contributed by atoms with E-state index in [1.807, 2.05) is 0 Å². The molecule has 0 aromatic carbocycles. The van der Waals surface area contributed by atoms with Crippen LogP contribution < -0.4 is 10.6 Å². The average Bonchev–Trinajstić information content (AvgIpc) is 2.44. The van der Waals surface area contributed by atoms with Gasteiger partial charge in [0, 0.05) is 13.1 Å². The molecule has 0 bridgehead atoms. The Hall–Kier alpha value is -1.83. The predicted octanol–water partition coefficient (Wildman–Crippen LogP) is -0.604. The molecule has 1 rings (SSSR count). The third-order valence-electron chi connectivity index (χ3n) is 3.05. The Bertz CT molecular complexity index is 368. The molecule has 0 saturated carbocycles. The summed E-state index contributed by atoms with van der Waals surface area (Å²) in [6, 6.07) is -2.33. The number of carbonyl (C=O) groups excluding carboxylic acids is 2. The molecular weight excluding hydrogens is 266 g/mol. The first-order chi connectivity index (χ1) is 9.45. The Morgan fingerprint density at radius 1 is 1.25 bits per heavy atom. The van der Waals surface area contributed by atoms with Crippen LogP contribution >= 0.6 is 0 Å². The molecule has 1 aliphatic heterocycles. The number of hydrogen-bond acceptors (Lipinski definition) is 4. The second-order valence-corrected chi connectivity index (χ2v) is 4.58. The van der Waals surface area contributed by atoms with Crippen molar-refractivity contribution in [3.63, 3.8) is 0 Å². The van der Waals surface area contributed by atoms with Crippen molar-refractivity contribution in [3.8, 4) is 0 Å². The van der Waals surface area contributed by atoms with Crippen molar-refractivity contribution < 1.29 is 24.2 Å². The molecule has 0 radical (unpaired) electrons. The van der Waals surface area contributed by atoms with Crippen molar-refractivity contribution in [2.24, 2.45) is 0 Å². The van der Waals surface area contributed by atoms with Crippen molar-refractivity contribution in [1.82, 2.24) is 15.5 Å². The number of ether oxygens (including phenoxy) is 1. The quantitative estimate of drug-likeness (QED) is 0.625. The molecule has 1 saturated heterocycles. The zero-order valence-corrected chi connectivity index (χ0v) is 11.7. The predicted molar refractivity (Wildman–Crippen MR) is 70.2 cm³/mol. The van der Waals surface area contributed by atoms with Crippen molar-refractivity contribution in [3.05, 3.63) is 0 Å². The highest BCUT2D eigenvalue weighted by Gasteiger charge is 2.25. The molecule has 3 amide bonds. The van der Waals surface area contributed by atoms with Crippen molar-refractivity contribution in [2.45, 2.75) is 32.4 Å². The van der Waals surface area contributed by atoms with Crippen molar-refractivity contribution >= 4 is 17.9 Å². The lowest BCUT2D eigenvalue weighted by Crippen LogP contribution is -2.54. The highest BCUT2D eigenvalue weighted by atomic mass is 16.5. The Morgan fingerprint density at radius 3 is 2.35 bits per heavy atom. The second kappa shape index (κ2) is 7.68. The summed E-state index contributed by atoms with van der Waals surface area (Å²) in [5, 5.41) is 13.6. The Morgan fingerprint density at radius 2 is 1.85 bits per heavy atom. The van der Waals surface area contributed by atoms with E-state index in [0.29, 0.717) is 26.3 Å². The maximum atomic E-state index is 12.0.